The van der Waals surface area contributed by atoms with Gasteiger partial charge in [0.1, 0.15) is 11.5 Å². The standard InChI is InChI=1S/C36H49N3O5/c1-2-43-33-14-13-29(25-32(33)37-18-5-3-6-19-37)34(40)38-21-16-36(17-22-38)15-4-7-23-42-26-30-11-9-20-39(30)35(41)28-10-8-12-31(24-28)44-27-36/h8,10,12-14,24-25,30H,2-7,9,11,15-23,26-27H2,1H3/t30-/m0/s1. The van der Waals surface area contributed by atoms with E-state index < -0.39 is 0 Å². The molecule has 1 spiro atoms. The highest BCUT2D eigenvalue weighted by molar-refractivity contribution is 5.96. The number of hydrogen-bond donors (Lipinski definition) is 0. The van der Waals surface area contributed by atoms with Crippen LogP contribution in [0.4, 0.5) is 5.69 Å². The van der Waals surface area contributed by atoms with Gasteiger partial charge in [0.05, 0.1) is 31.5 Å². The number of carbonyl (C=O) groups excluding carboxylic acids is 2. The molecule has 0 radical (unpaired) electrons. The van der Waals surface area contributed by atoms with E-state index in [-0.39, 0.29) is 23.3 Å². The minimum Gasteiger partial charge on any atom is -0.493 e. The predicted molar refractivity (Wildman–Crippen MR) is 172 cm³/mol. The van der Waals surface area contributed by atoms with Gasteiger partial charge < -0.3 is 28.9 Å². The maximum atomic E-state index is 13.8. The number of anilines is 1. The summed E-state index contributed by atoms with van der Waals surface area (Å²) >= 11 is 0. The number of fused-ring (bicyclic) bond motifs is 3. The summed E-state index contributed by atoms with van der Waals surface area (Å²) in [5.41, 5.74) is 2.44. The van der Waals surface area contributed by atoms with E-state index >= 15 is 0 Å². The Labute approximate surface area is 262 Å². The zero-order valence-electron chi connectivity index (χ0n) is 26.4. The number of hydrogen-bond acceptors (Lipinski definition) is 6. The topological polar surface area (TPSA) is 71.5 Å². The molecular weight excluding hydrogens is 554 g/mol. The van der Waals surface area contributed by atoms with Gasteiger partial charge >= 0.3 is 0 Å². The van der Waals surface area contributed by atoms with Crippen LogP contribution in [0.2, 0.25) is 0 Å². The third kappa shape index (κ3) is 7.01. The van der Waals surface area contributed by atoms with Crippen LogP contribution < -0.4 is 14.4 Å². The summed E-state index contributed by atoms with van der Waals surface area (Å²) < 4.78 is 18.5. The minimum atomic E-state index is -0.0191. The van der Waals surface area contributed by atoms with E-state index in [1.54, 1.807) is 0 Å². The highest BCUT2D eigenvalue weighted by atomic mass is 16.5. The first-order valence-corrected chi connectivity index (χ1v) is 17.0. The summed E-state index contributed by atoms with van der Waals surface area (Å²) in [7, 11) is 0. The number of piperidine rings is 2. The molecule has 8 nitrogen and oxygen atoms in total. The second kappa shape index (κ2) is 14.2. The third-order valence-corrected chi connectivity index (χ3v) is 10.1. The van der Waals surface area contributed by atoms with Crippen LogP contribution in [0.25, 0.3) is 0 Å². The highest BCUT2D eigenvalue weighted by Crippen LogP contribution is 2.39. The number of ether oxygens (including phenoxy) is 3. The lowest BCUT2D eigenvalue weighted by Gasteiger charge is -2.42. The van der Waals surface area contributed by atoms with E-state index in [1.807, 2.05) is 53.1 Å². The van der Waals surface area contributed by atoms with Crippen molar-refractivity contribution in [2.75, 3.05) is 64.1 Å². The maximum Gasteiger partial charge on any atom is 0.254 e. The number of likely N-dealkylation sites (tertiary alicyclic amines) is 1. The molecule has 8 heteroatoms. The van der Waals surface area contributed by atoms with Gasteiger partial charge in [-0.05, 0) is 101 Å². The van der Waals surface area contributed by atoms with Crippen LogP contribution in [0.1, 0.15) is 91.8 Å². The molecule has 238 valence electrons. The van der Waals surface area contributed by atoms with Gasteiger partial charge in [0, 0.05) is 55.9 Å². The van der Waals surface area contributed by atoms with E-state index in [9.17, 15) is 9.59 Å². The van der Waals surface area contributed by atoms with Crippen molar-refractivity contribution in [3.63, 3.8) is 0 Å². The van der Waals surface area contributed by atoms with Gasteiger partial charge in [-0.1, -0.05) is 12.5 Å². The first-order chi connectivity index (χ1) is 21.5. The van der Waals surface area contributed by atoms with E-state index in [0.717, 1.165) is 87.3 Å². The molecule has 2 amide bonds. The number of nitrogens with zero attached hydrogens (tertiary/aromatic N) is 3. The number of rotatable bonds is 4. The lowest BCUT2D eigenvalue weighted by atomic mass is 9.75. The second-order valence-electron chi connectivity index (χ2n) is 13.1. The zero-order chi connectivity index (χ0) is 30.4. The molecule has 2 bridgehead atoms. The van der Waals surface area contributed by atoms with E-state index in [1.165, 1.54) is 19.3 Å². The minimum absolute atomic E-state index is 0.0191. The van der Waals surface area contributed by atoms with Gasteiger partial charge in [-0.3, -0.25) is 9.59 Å². The Morgan fingerprint density at radius 2 is 1.77 bits per heavy atom. The average molecular weight is 604 g/mol. The Hall–Kier alpha value is -3.26. The van der Waals surface area contributed by atoms with Gasteiger partial charge in [0.15, 0.2) is 0 Å². The van der Waals surface area contributed by atoms with Gasteiger partial charge in [-0.25, -0.2) is 0 Å². The van der Waals surface area contributed by atoms with Crippen molar-refractivity contribution in [1.82, 2.24) is 9.80 Å². The van der Waals surface area contributed by atoms with Crippen molar-refractivity contribution in [2.45, 2.75) is 77.2 Å². The SMILES string of the molecule is CCOc1ccc(C(=O)N2CCC3(CCCCOC[C@@H]4CCCN4C(=O)c4cccc(c4)OC3)CC2)cc1N1CCCCC1. The fraction of sp³-hybridized carbons (Fsp3) is 0.611. The molecule has 1 atom stereocenters. The van der Waals surface area contributed by atoms with Crippen molar-refractivity contribution in [3.05, 3.63) is 53.6 Å². The fourth-order valence-electron chi connectivity index (χ4n) is 7.46. The lowest BCUT2D eigenvalue weighted by molar-refractivity contribution is 0.0332. The third-order valence-electron chi connectivity index (χ3n) is 10.1. The van der Waals surface area contributed by atoms with Crippen LogP contribution in [0.5, 0.6) is 11.5 Å². The first-order valence-electron chi connectivity index (χ1n) is 17.0. The maximum absolute atomic E-state index is 13.8. The van der Waals surface area contributed by atoms with Crippen molar-refractivity contribution in [2.24, 2.45) is 5.41 Å². The molecule has 0 N–H and O–H groups in total. The molecule has 44 heavy (non-hydrogen) atoms. The molecule has 4 aliphatic rings. The molecule has 0 aliphatic carbocycles. The largest absolute Gasteiger partial charge is 0.493 e. The summed E-state index contributed by atoms with van der Waals surface area (Å²) in [5.74, 6) is 1.77. The average Bonchev–Trinajstić information content (AvgIpc) is 3.54. The Bertz CT molecular complexity index is 1280. The van der Waals surface area contributed by atoms with Crippen LogP contribution in [0.15, 0.2) is 42.5 Å². The van der Waals surface area contributed by atoms with Crippen molar-refractivity contribution < 1.29 is 23.8 Å². The van der Waals surface area contributed by atoms with E-state index in [4.69, 9.17) is 14.2 Å². The van der Waals surface area contributed by atoms with Gasteiger partial charge in [0.2, 0.25) is 0 Å². The van der Waals surface area contributed by atoms with Crippen LogP contribution in [0, 0.1) is 5.41 Å². The molecule has 4 heterocycles. The summed E-state index contributed by atoms with van der Waals surface area (Å²) in [4.78, 5) is 33.5. The smallest absolute Gasteiger partial charge is 0.254 e. The zero-order valence-corrected chi connectivity index (χ0v) is 26.4. The number of benzene rings is 2. The second-order valence-corrected chi connectivity index (χ2v) is 13.1. The van der Waals surface area contributed by atoms with Gasteiger partial charge in [0.25, 0.3) is 11.8 Å². The Morgan fingerprint density at radius 3 is 2.59 bits per heavy atom. The molecule has 0 aromatic heterocycles. The summed E-state index contributed by atoms with van der Waals surface area (Å²) in [6.07, 6.45) is 10.5. The highest BCUT2D eigenvalue weighted by Gasteiger charge is 2.37. The van der Waals surface area contributed by atoms with Crippen LogP contribution >= 0.6 is 0 Å². The molecule has 2 aromatic carbocycles. The van der Waals surface area contributed by atoms with Crippen LogP contribution in [0.3, 0.4) is 0 Å². The van der Waals surface area contributed by atoms with E-state index in [0.29, 0.717) is 45.1 Å². The Balaban J connectivity index is 1.14. The lowest BCUT2D eigenvalue weighted by Crippen LogP contribution is -2.45. The van der Waals surface area contributed by atoms with Crippen LogP contribution in [-0.4, -0.2) is 86.8 Å². The molecule has 4 aliphatic heterocycles. The summed E-state index contributed by atoms with van der Waals surface area (Å²) in [6.45, 7) is 8.73. The molecule has 0 saturated carbocycles. The van der Waals surface area contributed by atoms with Crippen molar-refractivity contribution >= 4 is 17.5 Å². The van der Waals surface area contributed by atoms with Gasteiger partial charge in [-0.15, -0.1) is 0 Å². The molecule has 3 saturated heterocycles. The monoisotopic (exact) mass is 603 g/mol. The van der Waals surface area contributed by atoms with E-state index in [2.05, 4.69) is 11.0 Å². The molecule has 6 rings (SSSR count). The van der Waals surface area contributed by atoms with Crippen LogP contribution in [-0.2, 0) is 4.74 Å². The first kappa shape index (κ1) is 30.8. The quantitative estimate of drug-likeness (QED) is 0.416. The molecular formula is C36H49N3O5. The number of carbonyl (C=O) groups is 2. The number of amides is 2. The van der Waals surface area contributed by atoms with Crippen molar-refractivity contribution in [1.29, 1.82) is 0 Å². The Morgan fingerprint density at radius 1 is 0.932 bits per heavy atom. The Kier molecular flexibility index (Phi) is 9.95. The summed E-state index contributed by atoms with van der Waals surface area (Å²) in [6, 6.07) is 13.8. The molecule has 0 unspecified atom stereocenters. The molecule has 3 fully saturated rings. The predicted octanol–water partition coefficient (Wildman–Crippen LogP) is 6.18. The van der Waals surface area contributed by atoms with Crippen molar-refractivity contribution in [3.8, 4) is 11.5 Å². The van der Waals surface area contributed by atoms with Gasteiger partial charge in [-0.2, -0.15) is 0 Å². The fourth-order valence-corrected chi connectivity index (χ4v) is 7.46. The summed E-state index contributed by atoms with van der Waals surface area (Å²) in [5, 5.41) is 0. The normalized spacial score (nSPS) is 23.0. The molecule has 2 aromatic rings.